The fourth-order valence-corrected chi connectivity index (χ4v) is 1.97. The number of carbonyl (C=O) groups is 1. The van der Waals surface area contributed by atoms with Crippen LogP contribution in [0.2, 0.25) is 0 Å². The molecule has 0 aliphatic heterocycles. The van der Waals surface area contributed by atoms with Gasteiger partial charge in [-0.25, -0.2) is 4.79 Å². The molecule has 0 unspecified atom stereocenters. The third kappa shape index (κ3) is 3.92. The quantitative estimate of drug-likeness (QED) is 0.799. The first-order chi connectivity index (χ1) is 8.34. The Hall–Kier alpha value is -1.82. The van der Waals surface area contributed by atoms with Gasteiger partial charge >= 0.3 is 6.03 Å². The lowest BCUT2D eigenvalue weighted by molar-refractivity contribution is 0.251. The van der Waals surface area contributed by atoms with Crippen LogP contribution in [0.15, 0.2) is 35.3 Å². The molecule has 5 nitrogen and oxygen atoms in total. The van der Waals surface area contributed by atoms with E-state index in [9.17, 15) is 4.79 Å². The number of rotatable bonds is 5. The second-order valence-electron chi connectivity index (χ2n) is 3.52. The van der Waals surface area contributed by atoms with Crippen molar-refractivity contribution in [1.82, 2.24) is 15.1 Å². The normalized spacial score (nSPS) is 10.1. The second-order valence-corrected chi connectivity index (χ2v) is 4.30. The van der Waals surface area contributed by atoms with E-state index >= 15 is 0 Å². The van der Waals surface area contributed by atoms with Gasteiger partial charge in [-0.15, -0.1) is 0 Å². The lowest BCUT2D eigenvalue weighted by atomic mass is 10.4. The topological polar surface area (TPSA) is 59.0 Å². The van der Waals surface area contributed by atoms with Crippen LogP contribution in [0.3, 0.4) is 0 Å². The number of hydrogen-bond donors (Lipinski definition) is 2. The van der Waals surface area contributed by atoms with Gasteiger partial charge in [0.25, 0.3) is 0 Å². The molecule has 0 saturated heterocycles. The van der Waals surface area contributed by atoms with Gasteiger partial charge in [-0.2, -0.15) is 16.4 Å². The van der Waals surface area contributed by atoms with E-state index in [1.807, 2.05) is 33.8 Å². The first-order valence-corrected chi connectivity index (χ1v) is 6.33. The molecule has 2 rings (SSSR count). The van der Waals surface area contributed by atoms with Gasteiger partial charge in [-0.3, -0.25) is 4.68 Å². The van der Waals surface area contributed by atoms with Gasteiger partial charge in [0.1, 0.15) is 0 Å². The number of urea groups is 1. The number of aromatic nitrogens is 2. The summed E-state index contributed by atoms with van der Waals surface area (Å²) in [6.45, 7) is 1.45. The molecule has 0 atom stereocenters. The average Bonchev–Trinajstić information content (AvgIpc) is 2.96. The van der Waals surface area contributed by atoms with Crippen LogP contribution in [-0.4, -0.2) is 22.4 Å². The summed E-state index contributed by atoms with van der Waals surface area (Å²) in [5.41, 5.74) is 0.833. The predicted octanol–water partition coefficient (Wildman–Crippen LogP) is 2.16. The van der Waals surface area contributed by atoms with Gasteiger partial charge in [-0.1, -0.05) is 0 Å². The highest BCUT2D eigenvalue weighted by Crippen LogP contribution is 2.10. The minimum absolute atomic E-state index is 0.163. The highest BCUT2D eigenvalue weighted by Gasteiger charge is 2.00. The maximum absolute atomic E-state index is 11.4. The zero-order chi connectivity index (χ0) is 11.9. The summed E-state index contributed by atoms with van der Waals surface area (Å²) in [5.74, 6) is 0. The van der Waals surface area contributed by atoms with Crippen molar-refractivity contribution in [3.05, 3.63) is 35.3 Å². The number of hydrogen-bond acceptors (Lipinski definition) is 3. The molecule has 2 aromatic heterocycles. The molecule has 6 heteroatoms. The number of amides is 2. The van der Waals surface area contributed by atoms with Crippen molar-refractivity contribution in [3.8, 4) is 0 Å². The summed E-state index contributed by atoms with van der Waals surface area (Å²) < 4.78 is 1.85. The molecule has 2 aromatic rings. The first-order valence-electron chi connectivity index (χ1n) is 5.39. The van der Waals surface area contributed by atoms with Crippen LogP contribution >= 0.6 is 11.3 Å². The summed E-state index contributed by atoms with van der Waals surface area (Å²) in [6, 6.07) is 3.59. The molecule has 0 spiro atoms. The van der Waals surface area contributed by atoms with Crippen LogP contribution in [0.25, 0.3) is 0 Å². The third-order valence-electron chi connectivity index (χ3n) is 2.19. The lowest BCUT2D eigenvalue weighted by Gasteiger charge is -2.06. The number of nitrogens with zero attached hydrogens (tertiary/aromatic N) is 2. The molecular formula is C11H14N4OS. The van der Waals surface area contributed by atoms with Crippen molar-refractivity contribution < 1.29 is 4.79 Å². The van der Waals surface area contributed by atoms with Gasteiger partial charge in [0, 0.05) is 30.9 Å². The lowest BCUT2D eigenvalue weighted by Crippen LogP contribution is -2.29. The predicted molar refractivity (Wildman–Crippen MR) is 68.2 cm³/mol. The monoisotopic (exact) mass is 250 g/mol. The minimum Gasteiger partial charge on any atom is -0.338 e. The number of carbonyl (C=O) groups excluding carboxylic acids is 1. The van der Waals surface area contributed by atoms with E-state index in [0.29, 0.717) is 6.54 Å². The van der Waals surface area contributed by atoms with Crippen LogP contribution in [0.5, 0.6) is 0 Å². The van der Waals surface area contributed by atoms with Crippen LogP contribution in [0.4, 0.5) is 10.5 Å². The van der Waals surface area contributed by atoms with Crippen LogP contribution in [0, 0.1) is 0 Å². The molecule has 17 heavy (non-hydrogen) atoms. The highest BCUT2D eigenvalue weighted by molar-refractivity contribution is 7.08. The molecule has 2 heterocycles. The summed E-state index contributed by atoms with van der Waals surface area (Å²) in [7, 11) is 0. The third-order valence-corrected chi connectivity index (χ3v) is 2.87. The highest BCUT2D eigenvalue weighted by atomic mass is 32.1. The zero-order valence-electron chi connectivity index (χ0n) is 9.30. The summed E-state index contributed by atoms with van der Waals surface area (Å²) in [4.78, 5) is 11.4. The fraction of sp³-hybridized carbons (Fsp3) is 0.273. The Bertz CT molecular complexity index is 438. The smallest absolute Gasteiger partial charge is 0.319 e. The molecule has 0 saturated carbocycles. The van der Waals surface area contributed by atoms with Crippen molar-refractivity contribution in [3.63, 3.8) is 0 Å². The Kier molecular flexibility index (Phi) is 4.15. The molecule has 2 amide bonds. The van der Waals surface area contributed by atoms with E-state index in [-0.39, 0.29) is 6.03 Å². The van der Waals surface area contributed by atoms with E-state index in [2.05, 4.69) is 15.7 Å². The van der Waals surface area contributed by atoms with Crippen LogP contribution < -0.4 is 10.6 Å². The SMILES string of the molecule is O=C(NCCCn1cccn1)Nc1ccsc1. The van der Waals surface area contributed by atoms with E-state index in [1.54, 1.807) is 17.5 Å². The Morgan fingerprint density at radius 1 is 1.53 bits per heavy atom. The Balaban J connectivity index is 1.60. The zero-order valence-corrected chi connectivity index (χ0v) is 10.1. The van der Waals surface area contributed by atoms with Gasteiger partial charge in [0.2, 0.25) is 0 Å². The van der Waals surface area contributed by atoms with Crippen molar-refractivity contribution in [2.24, 2.45) is 0 Å². The number of thiophene rings is 1. The Morgan fingerprint density at radius 3 is 3.18 bits per heavy atom. The second kappa shape index (κ2) is 6.05. The summed E-state index contributed by atoms with van der Waals surface area (Å²) in [5, 5.41) is 13.4. The Morgan fingerprint density at radius 2 is 2.47 bits per heavy atom. The first kappa shape index (κ1) is 11.7. The van der Waals surface area contributed by atoms with Crippen LogP contribution in [-0.2, 0) is 6.54 Å². The molecule has 0 aliphatic carbocycles. The van der Waals surface area contributed by atoms with Crippen molar-refractivity contribution in [2.75, 3.05) is 11.9 Å². The van der Waals surface area contributed by atoms with Gasteiger partial charge in [0.15, 0.2) is 0 Å². The standard InChI is InChI=1S/C11H14N4OS/c16-11(14-10-3-8-17-9-10)12-4-1-6-15-7-2-5-13-15/h2-3,5,7-9H,1,4,6H2,(H2,12,14,16). The summed E-state index contributed by atoms with van der Waals surface area (Å²) >= 11 is 1.55. The largest absolute Gasteiger partial charge is 0.338 e. The van der Waals surface area contributed by atoms with Crippen LogP contribution in [0.1, 0.15) is 6.42 Å². The number of anilines is 1. The van der Waals surface area contributed by atoms with Gasteiger partial charge < -0.3 is 10.6 Å². The van der Waals surface area contributed by atoms with Crippen molar-refractivity contribution >= 4 is 23.1 Å². The molecule has 0 radical (unpaired) electrons. The number of nitrogens with one attached hydrogen (secondary N) is 2. The summed E-state index contributed by atoms with van der Waals surface area (Å²) in [6.07, 6.45) is 4.51. The van der Waals surface area contributed by atoms with E-state index in [1.165, 1.54) is 0 Å². The minimum atomic E-state index is -0.163. The molecular weight excluding hydrogens is 236 g/mol. The maximum atomic E-state index is 11.4. The van der Waals surface area contributed by atoms with Crippen molar-refractivity contribution in [1.29, 1.82) is 0 Å². The molecule has 90 valence electrons. The molecule has 0 fully saturated rings. The van der Waals surface area contributed by atoms with Gasteiger partial charge in [0.05, 0.1) is 5.69 Å². The van der Waals surface area contributed by atoms with E-state index in [0.717, 1.165) is 18.7 Å². The number of aryl methyl sites for hydroxylation is 1. The average molecular weight is 250 g/mol. The fourth-order valence-electron chi connectivity index (χ4n) is 1.39. The molecule has 0 aromatic carbocycles. The van der Waals surface area contributed by atoms with Gasteiger partial charge in [-0.05, 0) is 23.9 Å². The van der Waals surface area contributed by atoms with E-state index < -0.39 is 0 Å². The Labute approximate surface area is 103 Å². The molecule has 0 aliphatic rings. The molecule has 0 bridgehead atoms. The van der Waals surface area contributed by atoms with E-state index in [4.69, 9.17) is 0 Å². The maximum Gasteiger partial charge on any atom is 0.319 e. The van der Waals surface area contributed by atoms with Crippen molar-refractivity contribution in [2.45, 2.75) is 13.0 Å². The molecule has 2 N–H and O–H groups in total.